The minimum absolute atomic E-state index is 0.00567. The Morgan fingerprint density at radius 2 is 1.80 bits per heavy atom. The van der Waals surface area contributed by atoms with E-state index < -0.39 is 15.4 Å². The molecule has 1 fully saturated rings. The van der Waals surface area contributed by atoms with Gasteiger partial charge in [0.2, 0.25) is 17.7 Å². The number of ether oxygens (including phenoxy) is 1. The van der Waals surface area contributed by atoms with Crippen LogP contribution in [0.15, 0.2) is 93.0 Å². The molecule has 0 bridgehead atoms. The second-order valence-corrected chi connectivity index (χ2v) is 12.7. The predicted molar refractivity (Wildman–Crippen MR) is 165 cm³/mol. The Kier molecular flexibility index (Phi) is 7.50. The molecule has 2 aromatic heterocycles. The first-order valence-corrected chi connectivity index (χ1v) is 15.6. The third kappa shape index (κ3) is 5.35. The Morgan fingerprint density at radius 1 is 1.05 bits per heavy atom. The number of carbonyl (C=O) groups excluding carboxylic acids is 1. The molecule has 1 saturated carbocycles. The zero-order chi connectivity index (χ0) is 31.1. The third-order valence-electron chi connectivity index (χ3n) is 8.19. The summed E-state index contributed by atoms with van der Waals surface area (Å²) in [6.07, 6.45) is 4.55. The van der Waals surface area contributed by atoms with Gasteiger partial charge in [-0.05, 0) is 73.7 Å². The molecule has 0 spiro atoms. The van der Waals surface area contributed by atoms with Crippen LogP contribution < -0.4 is 9.46 Å². The lowest BCUT2D eigenvalue weighted by Crippen LogP contribution is -2.36. The van der Waals surface area contributed by atoms with Gasteiger partial charge >= 0.3 is 0 Å². The van der Waals surface area contributed by atoms with Crippen molar-refractivity contribution in [2.24, 2.45) is 0 Å². The van der Waals surface area contributed by atoms with Crippen molar-refractivity contribution in [2.75, 3.05) is 18.9 Å². The van der Waals surface area contributed by atoms with E-state index in [1.807, 2.05) is 42.5 Å². The molecular weight excluding hydrogens is 580 g/mol. The Bertz CT molecular complexity index is 1930. The fraction of sp³-hybridized carbons (Fsp3) is 0.242. The van der Waals surface area contributed by atoms with Crippen molar-refractivity contribution >= 4 is 21.8 Å². The van der Waals surface area contributed by atoms with Gasteiger partial charge in [-0.3, -0.25) is 4.79 Å². The summed E-state index contributed by atoms with van der Waals surface area (Å²) in [6, 6.07) is 19.9. The van der Waals surface area contributed by atoms with Crippen LogP contribution in [0.5, 0.6) is 5.75 Å². The van der Waals surface area contributed by atoms with Crippen molar-refractivity contribution in [1.82, 2.24) is 15.0 Å². The number of rotatable bonds is 10. The van der Waals surface area contributed by atoms with Crippen molar-refractivity contribution in [2.45, 2.75) is 43.5 Å². The first-order valence-electron chi connectivity index (χ1n) is 14.1. The van der Waals surface area contributed by atoms with Crippen LogP contribution in [0.25, 0.3) is 22.6 Å². The number of sulfonamides is 1. The zero-order valence-corrected chi connectivity index (χ0v) is 25.6. The van der Waals surface area contributed by atoms with Gasteiger partial charge in [-0.1, -0.05) is 41.6 Å². The number of anilines is 1. The van der Waals surface area contributed by atoms with E-state index in [4.69, 9.17) is 13.7 Å². The van der Waals surface area contributed by atoms with E-state index in [1.54, 1.807) is 63.4 Å². The Balaban J connectivity index is 1.38. The molecule has 6 rings (SSSR count). The second-order valence-electron chi connectivity index (χ2n) is 11.0. The van der Waals surface area contributed by atoms with Gasteiger partial charge in [0.1, 0.15) is 12.0 Å². The molecule has 1 aliphatic carbocycles. The minimum Gasteiger partial charge on any atom is -0.497 e. The van der Waals surface area contributed by atoms with Gasteiger partial charge in [-0.25, -0.2) is 18.1 Å². The molecule has 10 nitrogen and oxygen atoms in total. The molecule has 0 atom stereocenters. The van der Waals surface area contributed by atoms with Gasteiger partial charge in [0.15, 0.2) is 0 Å². The molecular formula is C33H32N4O6S. The number of nitrogens with one attached hydrogen (secondary N) is 1. The minimum atomic E-state index is -4.08. The average molecular weight is 613 g/mol. The maximum Gasteiger partial charge on any atom is 0.264 e. The summed E-state index contributed by atoms with van der Waals surface area (Å²) in [6.45, 7) is 3.70. The number of aryl methyl sites for hydroxylation is 1. The van der Waals surface area contributed by atoms with Crippen LogP contribution in [0, 0.1) is 13.8 Å². The van der Waals surface area contributed by atoms with E-state index in [0.29, 0.717) is 33.8 Å². The van der Waals surface area contributed by atoms with Crippen LogP contribution >= 0.6 is 0 Å². The van der Waals surface area contributed by atoms with E-state index in [2.05, 4.69) is 14.9 Å². The zero-order valence-electron chi connectivity index (χ0n) is 24.8. The van der Waals surface area contributed by atoms with E-state index in [1.165, 1.54) is 6.26 Å². The molecule has 0 aliphatic heterocycles. The fourth-order valence-corrected chi connectivity index (χ4v) is 6.72. The SMILES string of the molecule is COc1ccc(C2(C(=O)N(C)Cc3cc(-c4ncco4)ccc3-c3ccccc3S(=O)(=O)Nc3onc(C)c3C)CC2)cc1. The van der Waals surface area contributed by atoms with Crippen molar-refractivity contribution in [1.29, 1.82) is 0 Å². The first kappa shape index (κ1) is 29.2. The topological polar surface area (TPSA) is 128 Å². The average Bonchev–Trinajstić information content (AvgIpc) is 3.54. The molecule has 11 heteroatoms. The highest BCUT2D eigenvalue weighted by Crippen LogP contribution is 2.50. The molecule has 1 N–H and O–H groups in total. The van der Waals surface area contributed by atoms with Crippen LogP contribution in [0.3, 0.4) is 0 Å². The molecule has 44 heavy (non-hydrogen) atoms. The molecule has 0 radical (unpaired) electrons. The maximum absolute atomic E-state index is 14.0. The largest absolute Gasteiger partial charge is 0.497 e. The standard InChI is InChI=1S/C33H32N4O6S/c1-21-22(2)35-43-30(21)36-44(39,40)29-8-6-5-7-28(29)27-14-9-23(31-34-17-18-42-31)19-24(27)20-37(3)32(38)33(15-16-33)25-10-12-26(41-4)13-11-25/h5-14,17-19,36H,15-16,20H2,1-4H3. The number of methoxy groups -OCH3 is 1. The number of hydrogen-bond acceptors (Lipinski definition) is 8. The lowest BCUT2D eigenvalue weighted by molar-refractivity contribution is -0.133. The van der Waals surface area contributed by atoms with Crippen LogP contribution in [0.1, 0.15) is 35.2 Å². The summed E-state index contributed by atoms with van der Waals surface area (Å²) in [7, 11) is -0.695. The van der Waals surface area contributed by atoms with Crippen LogP contribution in [0.4, 0.5) is 5.88 Å². The summed E-state index contributed by atoms with van der Waals surface area (Å²) in [5.41, 5.74) is 4.11. The summed E-state index contributed by atoms with van der Waals surface area (Å²) < 4.78 is 46.0. The molecule has 5 aromatic rings. The first-order chi connectivity index (χ1) is 21.1. The number of amides is 1. The van der Waals surface area contributed by atoms with Crippen LogP contribution in [0.2, 0.25) is 0 Å². The molecule has 0 unspecified atom stereocenters. The highest BCUT2D eigenvalue weighted by Gasteiger charge is 2.52. The quantitative estimate of drug-likeness (QED) is 0.200. The highest BCUT2D eigenvalue weighted by atomic mass is 32.2. The van der Waals surface area contributed by atoms with Gasteiger partial charge in [0, 0.05) is 30.3 Å². The molecule has 0 saturated heterocycles. The predicted octanol–water partition coefficient (Wildman–Crippen LogP) is 6.11. The second kappa shape index (κ2) is 11.3. The number of nitrogens with zero attached hydrogens (tertiary/aromatic N) is 3. The molecule has 226 valence electrons. The molecule has 1 aliphatic rings. The summed E-state index contributed by atoms with van der Waals surface area (Å²) in [5.74, 6) is 1.21. The number of carbonyl (C=O) groups is 1. The third-order valence-corrected chi connectivity index (χ3v) is 9.58. The van der Waals surface area contributed by atoms with Gasteiger partial charge in [-0.15, -0.1) is 0 Å². The van der Waals surface area contributed by atoms with E-state index in [-0.39, 0.29) is 23.2 Å². The van der Waals surface area contributed by atoms with E-state index >= 15 is 0 Å². The van der Waals surface area contributed by atoms with E-state index in [9.17, 15) is 13.2 Å². The van der Waals surface area contributed by atoms with Crippen molar-refractivity contribution in [3.8, 4) is 28.3 Å². The number of benzene rings is 3. The lowest BCUT2D eigenvalue weighted by Gasteiger charge is -2.26. The molecule has 2 heterocycles. The number of oxazole rings is 1. The number of hydrogen-bond donors (Lipinski definition) is 1. The number of likely N-dealkylation sites (N-methyl/N-ethyl adjacent to an activating group) is 1. The summed E-state index contributed by atoms with van der Waals surface area (Å²) in [5, 5.41) is 3.87. The Hall–Kier alpha value is -4.90. The summed E-state index contributed by atoms with van der Waals surface area (Å²) in [4.78, 5) is 20.0. The van der Waals surface area contributed by atoms with Crippen LogP contribution in [-0.2, 0) is 26.8 Å². The van der Waals surface area contributed by atoms with E-state index in [0.717, 1.165) is 29.7 Å². The van der Waals surface area contributed by atoms with Gasteiger partial charge in [-0.2, -0.15) is 0 Å². The van der Waals surface area contributed by atoms with Gasteiger partial charge in [0.25, 0.3) is 10.0 Å². The highest BCUT2D eigenvalue weighted by molar-refractivity contribution is 7.92. The number of aromatic nitrogens is 2. The van der Waals surface area contributed by atoms with Crippen molar-refractivity contribution < 1.29 is 26.9 Å². The maximum atomic E-state index is 14.0. The summed E-state index contributed by atoms with van der Waals surface area (Å²) >= 11 is 0. The Morgan fingerprint density at radius 3 is 2.43 bits per heavy atom. The smallest absolute Gasteiger partial charge is 0.264 e. The van der Waals surface area contributed by atoms with Crippen molar-refractivity contribution in [3.63, 3.8) is 0 Å². The van der Waals surface area contributed by atoms with Gasteiger partial charge in [0.05, 0.1) is 29.3 Å². The molecule has 1 amide bonds. The Labute approximate surface area is 255 Å². The normalized spacial score (nSPS) is 13.8. The van der Waals surface area contributed by atoms with Crippen LogP contribution in [-0.4, -0.2) is 43.5 Å². The fourth-order valence-electron chi connectivity index (χ4n) is 5.45. The van der Waals surface area contributed by atoms with Crippen molar-refractivity contribution in [3.05, 3.63) is 102 Å². The molecule has 3 aromatic carbocycles. The lowest BCUT2D eigenvalue weighted by atomic mass is 9.93. The monoisotopic (exact) mass is 612 g/mol. The van der Waals surface area contributed by atoms with Gasteiger partial charge < -0.3 is 18.6 Å².